The molecule has 3 atom stereocenters. The molecule has 0 aromatic heterocycles. The molecule has 12 heteroatoms. The molecule has 0 fully saturated rings. The van der Waals surface area contributed by atoms with Gasteiger partial charge in [-0.05, 0) is 79.6 Å². The third-order valence-electron chi connectivity index (χ3n) is 8.07. The van der Waals surface area contributed by atoms with Gasteiger partial charge in [-0.25, -0.2) is 12.8 Å². The fourth-order valence-corrected chi connectivity index (χ4v) is 6.89. The Kier molecular flexibility index (Phi) is 13.7. The minimum atomic E-state index is -4.01. The summed E-state index contributed by atoms with van der Waals surface area (Å²) in [5.41, 5.74) is 6.96. The Bertz CT molecular complexity index is 1600. The number of nitrogens with one attached hydrogen (secondary N) is 3. The van der Waals surface area contributed by atoms with Crippen molar-refractivity contribution >= 4 is 27.5 Å². The minimum absolute atomic E-state index is 0.0463. The number of hydrogen-bond donors (Lipinski definition) is 5. The fourth-order valence-electron chi connectivity index (χ4n) is 5.27. The molecule has 2 amide bonds. The lowest BCUT2D eigenvalue weighted by molar-refractivity contribution is -0.130. The molecule has 0 unspecified atom stereocenters. The van der Waals surface area contributed by atoms with E-state index in [4.69, 9.17) is 5.73 Å². The normalized spacial score (nSPS) is 14.1. The first kappa shape index (κ1) is 38.6. The summed E-state index contributed by atoms with van der Waals surface area (Å²) in [7, 11) is -4.01. The summed E-state index contributed by atoms with van der Waals surface area (Å²) in [4.78, 5) is 26.9. The molecule has 0 aliphatic carbocycles. The Morgan fingerprint density at radius 3 is 2.15 bits per heavy atom. The van der Waals surface area contributed by atoms with Gasteiger partial charge in [-0.15, -0.1) is 0 Å². The van der Waals surface area contributed by atoms with Gasteiger partial charge in [0.25, 0.3) is 0 Å². The van der Waals surface area contributed by atoms with E-state index < -0.39 is 45.6 Å². The molecule has 0 bridgehead atoms. The van der Waals surface area contributed by atoms with Gasteiger partial charge in [-0.1, -0.05) is 70.2 Å². The van der Waals surface area contributed by atoms with E-state index in [1.54, 1.807) is 26.0 Å². The molecule has 0 saturated heterocycles. The molecule has 3 aromatic rings. The Balaban J connectivity index is 1.80. The molecule has 0 spiro atoms. The van der Waals surface area contributed by atoms with Crippen molar-refractivity contribution in [2.24, 2.45) is 11.8 Å². The first-order valence-electron chi connectivity index (χ1n) is 16.2. The van der Waals surface area contributed by atoms with Crippen LogP contribution in [0.2, 0.25) is 0 Å². The quantitative estimate of drug-likeness (QED) is 0.136. The molecule has 3 aromatic carbocycles. The number of nitrogens with two attached hydrogens (primary N) is 1. The van der Waals surface area contributed by atoms with Crippen LogP contribution in [0.15, 0.2) is 83.8 Å². The highest BCUT2D eigenvalue weighted by Gasteiger charge is 2.33. The van der Waals surface area contributed by atoms with Gasteiger partial charge in [0.1, 0.15) is 11.9 Å². The van der Waals surface area contributed by atoms with Gasteiger partial charge in [-0.2, -0.15) is 4.31 Å². The Labute approximate surface area is 284 Å². The number of anilines is 1. The molecule has 0 radical (unpaired) electrons. The van der Waals surface area contributed by atoms with Crippen LogP contribution in [0.1, 0.15) is 52.7 Å². The van der Waals surface area contributed by atoms with Gasteiger partial charge in [0, 0.05) is 24.3 Å². The van der Waals surface area contributed by atoms with Crippen LogP contribution < -0.4 is 21.7 Å². The van der Waals surface area contributed by atoms with Gasteiger partial charge >= 0.3 is 0 Å². The zero-order valence-corrected chi connectivity index (χ0v) is 29.4. The third-order valence-corrected chi connectivity index (χ3v) is 9.92. The molecule has 10 nitrogen and oxygen atoms in total. The van der Waals surface area contributed by atoms with Crippen LogP contribution in [0.25, 0.3) is 0 Å². The van der Waals surface area contributed by atoms with Crippen molar-refractivity contribution in [2.45, 2.75) is 76.6 Å². The fraction of sp³-hybridized carbons (Fsp3) is 0.444. The van der Waals surface area contributed by atoms with Gasteiger partial charge < -0.3 is 21.5 Å². The monoisotopic (exact) mass is 683 g/mol. The van der Waals surface area contributed by atoms with Crippen molar-refractivity contribution in [3.05, 3.63) is 95.8 Å². The number of amides is 2. The summed E-state index contributed by atoms with van der Waals surface area (Å²) in [6.45, 7) is 10.7. The maximum Gasteiger partial charge on any atom is 0.243 e. The van der Waals surface area contributed by atoms with E-state index >= 15 is 0 Å². The summed E-state index contributed by atoms with van der Waals surface area (Å²) in [6.07, 6.45) is -1.08. The molecule has 0 heterocycles. The van der Waals surface area contributed by atoms with Crippen LogP contribution in [0.3, 0.4) is 0 Å². The van der Waals surface area contributed by atoms with E-state index in [2.05, 4.69) is 16.0 Å². The van der Waals surface area contributed by atoms with Crippen LogP contribution >= 0.6 is 0 Å². The number of carbonyl (C=O) groups excluding carboxylic acids is 2. The van der Waals surface area contributed by atoms with Crippen molar-refractivity contribution in [1.82, 2.24) is 20.3 Å². The van der Waals surface area contributed by atoms with E-state index in [0.29, 0.717) is 11.3 Å². The number of aliphatic hydroxyl groups is 1. The second kappa shape index (κ2) is 17.0. The largest absolute Gasteiger partial charge is 0.399 e. The van der Waals surface area contributed by atoms with Crippen LogP contribution in [-0.4, -0.2) is 67.5 Å². The molecule has 3 rings (SSSR count). The molecule has 48 heavy (non-hydrogen) atoms. The van der Waals surface area contributed by atoms with Gasteiger partial charge in [0.15, 0.2) is 0 Å². The predicted molar refractivity (Wildman–Crippen MR) is 187 cm³/mol. The summed E-state index contributed by atoms with van der Waals surface area (Å²) >= 11 is 0. The number of aliphatic hydroxyl groups excluding tert-OH is 1. The van der Waals surface area contributed by atoms with Gasteiger partial charge in [0.05, 0.1) is 23.6 Å². The van der Waals surface area contributed by atoms with E-state index in [0.717, 1.165) is 5.56 Å². The Hall–Kier alpha value is -3.84. The molecular weight excluding hydrogens is 633 g/mol. The van der Waals surface area contributed by atoms with E-state index in [1.807, 2.05) is 58.0 Å². The molecule has 6 N–H and O–H groups in total. The number of sulfonamides is 1. The summed E-state index contributed by atoms with van der Waals surface area (Å²) < 4.78 is 42.4. The average Bonchev–Trinajstić information content (AvgIpc) is 3.02. The Morgan fingerprint density at radius 2 is 1.56 bits per heavy atom. The number of carbonyl (C=O) groups is 2. The van der Waals surface area contributed by atoms with Crippen molar-refractivity contribution in [2.75, 3.05) is 25.4 Å². The number of hydrogen-bond acceptors (Lipinski definition) is 7. The van der Waals surface area contributed by atoms with Crippen molar-refractivity contribution in [1.29, 1.82) is 0 Å². The van der Waals surface area contributed by atoms with E-state index in [-0.39, 0.29) is 48.6 Å². The molecule has 0 aliphatic rings. The maximum atomic E-state index is 13.8. The maximum absolute atomic E-state index is 13.8. The smallest absolute Gasteiger partial charge is 0.243 e. The van der Waals surface area contributed by atoms with Crippen molar-refractivity contribution < 1.29 is 27.5 Å². The highest BCUT2D eigenvalue weighted by atomic mass is 32.2. The SMILES string of the molecule is CC(C)CN(C[C@@H](O)[C@H](Cc1ccccc1)NC(=O)[C@@H](NC(=O)CNC(C)(C)c1cccc(F)c1)C(C)C)S(=O)(=O)c1ccc(N)cc1. The lowest BCUT2D eigenvalue weighted by atomic mass is 9.94. The molecule has 262 valence electrons. The zero-order chi connectivity index (χ0) is 35.6. The number of rotatable bonds is 17. The number of halogens is 1. The summed E-state index contributed by atoms with van der Waals surface area (Å²) in [5, 5.41) is 20.4. The minimum Gasteiger partial charge on any atom is -0.399 e. The second-order valence-electron chi connectivity index (χ2n) is 13.4. The highest BCUT2D eigenvalue weighted by molar-refractivity contribution is 7.89. The second-order valence-corrected chi connectivity index (χ2v) is 15.4. The molecular formula is C36H50FN5O5S. The first-order chi connectivity index (χ1) is 22.5. The lowest BCUT2D eigenvalue weighted by Gasteiger charge is -2.32. The molecule has 0 saturated carbocycles. The number of nitrogen functional groups attached to an aromatic ring is 1. The highest BCUT2D eigenvalue weighted by Crippen LogP contribution is 2.22. The number of benzene rings is 3. The van der Waals surface area contributed by atoms with Gasteiger partial charge in [0.2, 0.25) is 21.8 Å². The van der Waals surface area contributed by atoms with E-state index in [1.165, 1.54) is 40.7 Å². The van der Waals surface area contributed by atoms with Crippen molar-refractivity contribution in [3.63, 3.8) is 0 Å². The van der Waals surface area contributed by atoms with Crippen LogP contribution in [0, 0.1) is 17.7 Å². The standard InChI is InChI=1S/C36H50FN5O5S/c1-24(2)22-42(48(46,47)30-17-15-29(38)16-18-30)23-32(43)31(19-26-11-8-7-9-12-26)40-35(45)34(25(3)4)41-33(44)21-39-36(5,6)27-13-10-14-28(37)20-27/h7-18,20,24-25,31-32,34,39,43H,19,21-23,38H2,1-6H3,(H,40,45)(H,41,44)/t31-,32+,34-/m0/s1. The van der Waals surface area contributed by atoms with Crippen LogP contribution in [-0.2, 0) is 31.6 Å². The topological polar surface area (TPSA) is 154 Å². The number of nitrogens with zero attached hydrogens (tertiary/aromatic N) is 1. The van der Waals surface area contributed by atoms with Crippen molar-refractivity contribution in [3.8, 4) is 0 Å². The Morgan fingerprint density at radius 1 is 0.917 bits per heavy atom. The lowest BCUT2D eigenvalue weighted by Crippen LogP contribution is -2.58. The van der Waals surface area contributed by atoms with Crippen LogP contribution in [0.5, 0.6) is 0 Å². The summed E-state index contributed by atoms with van der Waals surface area (Å²) in [6, 6.07) is 19.4. The third kappa shape index (κ3) is 11.1. The predicted octanol–water partition coefficient (Wildman–Crippen LogP) is 3.81. The van der Waals surface area contributed by atoms with Crippen LogP contribution in [0.4, 0.5) is 10.1 Å². The van der Waals surface area contributed by atoms with E-state index in [9.17, 15) is 27.5 Å². The average molecular weight is 684 g/mol. The molecule has 0 aliphatic heterocycles. The first-order valence-corrected chi connectivity index (χ1v) is 17.6. The van der Waals surface area contributed by atoms with Gasteiger partial charge in [-0.3, -0.25) is 14.9 Å². The summed E-state index contributed by atoms with van der Waals surface area (Å²) in [5.74, 6) is -1.71. The zero-order valence-electron chi connectivity index (χ0n) is 28.6.